The third-order valence-electron chi connectivity index (χ3n) is 4.30. The molecule has 0 heterocycles. The Morgan fingerprint density at radius 3 is 2.00 bits per heavy atom. The van der Waals surface area contributed by atoms with Gasteiger partial charge < -0.3 is 0 Å². The zero-order valence-electron chi connectivity index (χ0n) is 17.5. The van der Waals surface area contributed by atoms with Gasteiger partial charge in [0.05, 0.1) is 0 Å². The van der Waals surface area contributed by atoms with E-state index in [1.54, 1.807) is 0 Å². The quantitative estimate of drug-likeness (QED) is 0.296. The molecule has 0 radical (unpaired) electrons. The van der Waals surface area contributed by atoms with Crippen LogP contribution in [-0.2, 0) is 0 Å². The minimum absolute atomic E-state index is 0.252. The molecular formula is C24H34IO3-. The molecule has 2 aromatic rings. The van der Waals surface area contributed by atoms with Crippen molar-refractivity contribution < 1.29 is 35.4 Å². The summed E-state index contributed by atoms with van der Waals surface area (Å²) in [6.07, 6.45) is 7.74. The number of unbranched alkanes of at least 4 members (excludes halogenated alkanes) is 5. The number of rotatable bonds is 14. The molecular weight excluding hydrogens is 463 g/mol. The maximum atomic E-state index is 5.89. The molecule has 0 aliphatic heterocycles. The Bertz CT molecular complexity index is 670. The monoisotopic (exact) mass is 497 g/mol. The summed E-state index contributed by atoms with van der Waals surface area (Å²) in [5, 5.41) is 0. The molecule has 0 aromatic heterocycles. The van der Waals surface area contributed by atoms with Gasteiger partial charge >= 0.3 is 174 Å². The van der Waals surface area contributed by atoms with Crippen molar-refractivity contribution in [2.45, 2.75) is 59.3 Å². The second-order valence-corrected chi connectivity index (χ2v) is 9.65. The van der Waals surface area contributed by atoms with Crippen LogP contribution in [0, 0.1) is 7.14 Å². The van der Waals surface area contributed by atoms with Gasteiger partial charge in [-0.1, -0.05) is 6.92 Å². The standard InChI is InChI=1S/C24H34IO3/c1-4-7-8-9-10-11-18-28-22-15-12-20(13-16-22)25-21-14-17-23(26-5-2)24(19-21)27-6-3/h12-17,19H,4-11,18H2,1-3H3/q-1. The van der Waals surface area contributed by atoms with Gasteiger partial charge in [-0.05, 0) is 0 Å². The average molecular weight is 497 g/mol. The molecule has 0 aliphatic rings. The third kappa shape index (κ3) is 8.29. The normalized spacial score (nSPS) is 10.8. The fraction of sp³-hybridized carbons (Fsp3) is 0.500. The fourth-order valence-electron chi connectivity index (χ4n) is 2.88. The summed E-state index contributed by atoms with van der Waals surface area (Å²) in [7, 11) is 0. The summed E-state index contributed by atoms with van der Waals surface area (Å²) < 4.78 is 20.0. The molecule has 0 bridgehead atoms. The molecule has 2 rings (SSSR count). The van der Waals surface area contributed by atoms with Crippen LogP contribution in [0.25, 0.3) is 0 Å². The summed E-state index contributed by atoms with van der Waals surface area (Å²) >= 11 is -0.252. The molecule has 3 nitrogen and oxygen atoms in total. The topological polar surface area (TPSA) is 27.7 Å². The Balaban J connectivity index is 1.82. The van der Waals surface area contributed by atoms with Crippen LogP contribution < -0.4 is 35.4 Å². The summed E-state index contributed by atoms with van der Waals surface area (Å²) in [6, 6.07) is 14.9. The zero-order chi connectivity index (χ0) is 20.0. The van der Waals surface area contributed by atoms with E-state index in [9.17, 15) is 0 Å². The van der Waals surface area contributed by atoms with Gasteiger partial charge in [-0.2, -0.15) is 0 Å². The van der Waals surface area contributed by atoms with E-state index >= 15 is 0 Å². The number of benzene rings is 2. The maximum absolute atomic E-state index is 5.89. The van der Waals surface area contributed by atoms with Gasteiger partial charge in [0, 0.05) is 0 Å². The Morgan fingerprint density at radius 2 is 1.29 bits per heavy atom. The Kier molecular flexibility index (Phi) is 11.2. The summed E-state index contributed by atoms with van der Waals surface area (Å²) in [6.45, 7) is 8.36. The van der Waals surface area contributed by atoms with Gasteiger partial charge in [0.1, 0.15) is 0 Å². The van der Waals surface area contributed by atoms with E-state index < -0.39 is 0 Å². The predicted octanol–water partition coefficient (Wildman–Crippen LogP) is 3.35. The molecule has 0 unspecified atom stereocenters. The second-order valence-electron chi connectivity index (χ2n) is 6.62. The molecule has 0 amide bonds. The van der Waals surface area contributed by atoms with E-state index in [1.165, 1.54) is 39.2 Å². The molecule has 0 fully saturated rings. The molecule has 0 atom stereocenters. The van der Waals surface area contributed by atoms with E-state index in [4.69, 9.17) is 14.2 Å². The van der Waals surface area contributed by atoms with Crippen LogP contribution in [0.15, 0.2) is 42.5 Å². The first-order valence-corrected chi connectivity index (χ1v) is 12.7. The van der Waals surface area contributed by atoms with Crippen molar-refractivity contribution in [2.75, 3.05) is 19.8 Å². The second kappa shape index (κ2) is 13.7. The van der Waals surface area contributed by atoms with Crippen molar-refractivity contribution in [2.24, 2.45) is 0 Å². The van der Waals surface area contributed by atoms with Gasteiger partial charge in [-0.15, -0.1) is 0 Å². The predicted molar refractivity (Wildman–Crippen MR) is 111 cm³/mol. The van der Waals surface area contributed by atoms with E-state index in [2.05, 4.69) is 43.3 Å². The van der Waals surface area contributed by atoms with E-state index in [0.29, 0.717) is 13.2 Å². The fourth-order valence-corrected chi connectivity index (χ4v) is 5.11. The van der Waals surface area contributed by atoms with Crippen LogP contribution in [0.2, 0.25) is 0 Å². The van der Waals surface area contributed by atoms with Gasteiger partial charge in [0.2, 0.25) is 0 Å². The summed E-state index contributed by atoms with van der Waals surface area (Å²) in [5.74, 6) is 2.65. The minimum atomic E-state index is -0.252. The third-order valence-corrected chi connectivity index (χ3v) is 6.94. The van der Waals surface area contributed by atoms with Crippen LogP contribution in [-0.4, -0.2) is 19.8 Å². The van der Waals surface area contributed by atoms with Crippen molar-refractivity contribution >= 4 is 0 Å². The van der Waals surface area contributed by atoms with Crippen LogP contribution in [0.4, 0.5) is 0 Å². The van der Waals surface area contributed by atoms with E-state index in [0.717, 1.165) is 30.3 Å². The van der Waals surface area contributed by atoms with Gasteiger partial charge in [0.25, 0.3) is 0 Å². The van der Waals surface area contributed by atoms with Crippen molar-refractivity contribution in [3.05, 3.63) is 49.6 Å². The van der Waals surface area contributed by atoms with Crippen LogP contribution in [0.1, 0.15) is 59.3 Å². The Hall–Kier alpha value is -1.43. The molecule has 2 aromatic carbocycles. The van der Waals surface area contributed by atoms with Crippen molar-refractivity contribution in [1.29, 1.82) is 0 Å². The summed E-state index contributed by atoms with van der Waals surface area (Å²) in [4.78, 5) is 0. The molecule has 0 N–H and O–H groups in total. The molecule has 0 saturated carbocycles. The summed E-state index contributed by atoms with van der Waals surface area (Å²) in [5.41, 5.74) is 0. The van der Waals surface area contributed by atoms with Crippen molar-refractivity contribution in [3.63, 3.8) is 0 Å². The van der Waals surface area contributed by atoms with Crippen LogP contribution in [0.5, 0.6) is 17.2 Å². The number of ether oxygens (including phenoxy) is 3. The van der Waals surface area contributed by atoms with Crippen LogP contribution >= 0.6 is 0 Å². The number of halogens is 1. The zero-order valence-corrected chi connectivity index (χ0v) is 19.7. The SMILES string of the molecule is CCCCCCCCOc1ccc([I-]c2ccc(OCC)c(OCC)c2)cc1. The molecule has 156 valence electrons. The van der Waals surface area contributed by atoms with Crippen LogP contribution in [0.3, 0.4) is 0 Å². The number of hydrogen-bond donors (Lipinski definition) is 0. The molecule has 0 saturated heterocycles. The Labute approximate surface area is 181 Å². The first kappa shape index (κ1) is 22.9. The van der Waals surface area contributed by atoms with E-state index in [1.807, 2.05) is 19.9 Å². The van der Waals surface area contributed by atoms with Crippen molar-refractivity contribution in [3.8, 4) is 17.2 Å². The molecule has 4 heteroatoms. The average Bonchev–Trinajstić information content (AvgIpc) is 2.71. The van der Waals surface area contributed by atoms with Gasteiger partial charge in [0.15, 0.2) is 0 Å². The molecule has 0 aliphatic carbocycles. The van der Waals surface area contributed by atoms with Crippen molar-refractivity contribution in [1.82, 2.24) is 0 Å². The first-order valence-electron chi connectivity index (χ1n) is 10.5. The van der Waals surface area contributed by atoms with Gasteiger partial charge in [-0.25, -0.2) is 0 Å². The van der Waals surface area contributed by atoms with Gasteiger partial charge in [-0.3, -0.25) is 0 Å². The van der Waals surface area contributed by atoms with E-state index in [-0.39, 0.29) is 21.2 Å². The molecule has 28 heavy (non-hydrogen) atoms. The molecule has 0 spiro atoms. The Morgan fingerprint density at radius 1 is 0.643 bits per heavy atom. The number of hydrogen-bond acceptors (Lipinski definition) is 3. The first-order chi connectivity index (χ1) is 13.8.